The first-order valence-electron chi connectivity index (χ1n) is 11.2. The molecule has 4 rings (SSSR count). The second kappa shape index (κ2) is 11.1. The van der Waals surface area contributed by atoms with Crippen LogP contribution in [0.1, 0.15) is 29.5 Å². The SMILES string of the molecule is CC(c1ccccc1)c1cc(Cl)ccc1OCC(=O)N1CCN(Cc2ccc(Cl)cc2)CC1. The van der Waals surface area contributed by atoms with Crippen LogP contribution in [0.3, 0.4) is 0 Å². The number of halogens is 2. The Bertz CT molecular complexity index is 1070. The third-order valence-corrected chi connectivity index (χ3v) is 6.62. The molecule has 1 atom stereocenters. The highest BCUT2D eigenvalue weighted by Crippen LogP contribution is 2.33. The van der Waals surface area contributed by atoms with Crippen LogP contribution in [0.2, 0.25) is 10.0 Å². The Morgan fingerprint density at radius 3 is 2.27 bits per heavy atom. The smallest absolute Gasteiger partial charge is 0.260 e. The summed E-state index contributed by atoms with van der Waals surface area (Å²) in [6, 6.07) is 23.7. The molecule has 0 radical (unpaired) electrons. The first-order valence-corrected chi connectivity index (χ1v) is 12.0. The number of nitrogens with zero attached hydrogens (tertiary/aromatic N) is 2. The van der Waals surface area contributed by atoms with Gasteiger partial charge in [-0.1, -0.05) is 72.6 Å². The van der Waals surface area contributed by atoms with Crippen molar-refractivity contribution in [3.63, 3.8) is 0 Å². The first-order chi connectivity index (χ1) is 16.0. The fourth-order valence-electron chi connectivity index (χ4n) is 4.14. The zero-order valence-corrected chi connectivity index (χ0v) is 20.2. The molecule has 1 heterocycles. The zero-order valence-electron chi connectivity index (χ0n) is 18.7. The average molecular weight is 483 g/mol. The lowest BCUT2D eigenvalue weighted by Gasteiger charge is -2.34. The van der Waals surface area contributed by atoms with E-state index in [-0.39, 0.29) is 18.4 Å². The summed E-state index contributed by atoms with van der Waals surface area (Å²) < 4.78 is 6.01. The van der Waals surface area contributed by atoms with Crippen LogP contribution >= 0.6 is 23.2 Å². The molecule has 1 saturated heterocycles. The predicted molar refractivity (Wildman–Crippen MR) is 134 cm³/mol. The topological polar surface area (TPSA) is 32.8 Å². The Balaban J connectivity index is 1.32. The summed E-state index contributed by atoms with van der Waals surface area (Å²) >= 11 is 12.2. The Labute approximate surface area is 205 Å². The number of hydrogen-bond donors (Lipinski definition) is 0. The molecule has 0 N–H and O–H groups in total. The van der Waals surface area contributed by atoms with Gasteiger partial charge in [0.15, 0.2) is 6.61 Å². The highest BCUT2D eigenvalue weighted by atomic mass is 35.5. The van der Waals surface area contributed by atoms with Crippen molar-refractivity contribution in [3.05, 3.63) is 99.5 Å². The predicted octanol–water partition coefficient (Wildman–Crippen LogP) is 5.87. The van der Waals surface area contributed by atoms with Gasteiger partial charge in [0, 0.05) is 54.3 Å². The molecule has 1 aliphatic rings. The zero-order chi connectivity index (χ0) is 23.2. The summed E-state index contributed by atoms with van der Waals surface area (Å²) in [4.78, 5) is 17.1. The van der Waals surface area contributed by atoms with Gasteiger partial charge in [0.1, 0.15) is 5.75 Å². The van der Waals surface area contributed by atoms with Crippen molar-refractivity contribution in [2.45, 2.75) is 19.4 Å². The molecule has 0 spiro atoms. The van der Waals surface area contributed by atoms with Crippen molar-refractivity contribution in [3.8, 4) is 5.75 Å². The molecule has 0 aliphatic carbocycles. The number of carbonyl (C=O) groups is 1. The maximum atomic E-state index is 12.8. The average Bonchev–Trinajstić information content (AvgIpc) is 2.85. The summed E-state index contributed by atoms with van der Waals surface area (Å²) in [5.41, 5.74) is 3.38. The molecule has 172 valence electrons. The lowest BCUT2D eigenvalue weighted by Crippen LogP contribution is -2.49. The third-order valence-electron chi connectivity index (χ3n) is 6.13. The van der Waals surface area contributed by atoms with Gasteiger partial charge in [0.2, 0.25) is 0 Å². The number of benzene rings is 3. The number of ether oxygens (including phenoxy) is 1. The molecule has 6 heteroatoms. The van der Waals surface area contributed by atoms with Crippen LogP contribution in [0.15, 0.2) is 72.8 Å². The summed E-state index contributed by atoms with van der Waals surface area (Å²) in [6.07, 6.45) is 0. The van der Waals surface area contributed by atoms with E-state index in [0.717, 1.165) is 30.2 Å². The van der Waals surface area contributed by atoms with Gasteiger partial charge in [-0.2, -0.15) is 0 Å². The normalized spacial score (nSPS) is 15.3. The molecule has 3 aromatic rings. The minimum atomic E-state index is 0.00871. The van der Waals surface area contributed by atoms with Gasteiger partial charge in [-0.15, -0.1) is 0 Å². The Morgan fingerprint density at radius 2 is 1.58 bits per heavy atom. The maximum absolute atomic E-state index is 12.8. The molecule has 1 unspecified atom stereocenters. The second-order valence-electron chi connectivity index (χ2n) is 8.39. The van der Waals surface area contributed by atoms with Crippen molar-refractivity contribution in [1.29, 1.82) is 0 Å². The molecular weight excluding hydrogens is 455 g/mol. The summed E-state index contributed by atoms with van der Waals surface area (Å²) in [6.45, 7) is 6.08. The van der Waals surface area contributed by atoms with E-state index in [4.69, 9.17) is 27.9 Å². The van der Waals surface area contributed by atoms with E-state index < -0.39 is 0 Å². The highest BCUT2D eigenvalue weighted by Gasteiger charge is 2.22. The van der Waals surface area contributed by atoms with Crippen LogP contribution in [0, 0.1) is 0 Å². The lowest BCUT2D eigenvalue weighted by atomic mass is 9.92. The lowest BCUT2D eigenvalue weighted by molar-refractivity contribution is -0.135. The Hall–Kier alpha value is -2.53. The minimum absolute atomic E-state index is 0.00871. The van der Waals surface area contributed by atoms with Gasteiger partial charge in [0.25, 0.3) is 5.91 Å². The standard InChI is InChI=1S/C27H28Cl2N2O2/c1-20(22-5-3-2-4-6-22)25-17-24(29)11-12-26(25)33-19-27(32)31-15-13-30(14-16-31)18-21-7-9-23(28)10-8-21/h2-12,17,20H,13-16,18-19H2,1H3. The van der Waals surface area contributed by atoms with Gasteiger partial charge in [-0.3, -0.25) is 9.69 Å². The van der Waals surface area contributed by atoms with Gasteiger partial charge in [-0.05, 0) is 41.5 Å². The van der Waals surface area contributed by atoms with Crippen molar-refractivity contribution < 1.29 is 9.53 Å². The largest absolute Gasteiger partial charge is 0.483 e. The number of amides is 1. The van der Waals surface area contributed by atoms with Crippen LogP contribution in [-0.2, 0) is 11.3 Å². The van der Waals surface area contributed by atoms with E-state index >= 15 is 0 Å². The van der Waals surface area contributed by atoms with E-state index in [2.05, 4.69) is 24.0 Å². The fourth-order valence-corrected chi connectivity index (χ4v) is 4.45. The monoisotopic (exact) mass is 482 g/mol. The van der Waals surface area contributed by atoms with Crippen molar-refractivity contribution in [2.24, 2.45) is 0 Å². The summed E-state index contributed by atoms with van der Waals surface area (Å²) in [7, 11) is 0. The number of rotatable bonds is 7. The molecule has 3 aromatic carbocycles. The Kier molecular flexibility index (Phi) is 7.92. The molecule has 4 nitrogen and oxygen atoms in total. The van der Waals surface area contributed by atoms with Crippen LogP contribution in [-0.4, -0.2) is 48.5 Å². The quantitative estimate of drug-likeness (QED) is 0.422. The van der Waals surface area contributed by atoms with E-state index in [9.17, 15) is 4.79 Å². The van der Waals surface area contributed by atoms with E-state index in [0.29, 0.717) is 23.9 Å². The molecule has 1 fully saturated rings. The van der Waals surface area contributed by atoms with E-state index in [1.807, 2.05) is 59.5 Å². The summed E-state index contributed by atoms with van der Waals surface area (Å²) in [5, 5.41) is 1.40. The number of carbonyl (C=O) groups excluding carboxylic acids is 1. The van der Waals surface area contributed by atoms with E-state index in [1.54, 1.807) is 6.07 Å². The molecule has 33 heavy (non-hydrogen) atoms. The Morgan fingerprint density at radius 1 is 0.909 bits per heavy atom. The molecule has 0 bridgehead atoms. The number of hydrogen-bond acceptors (Lipinski definition) is 3. The van der Waals surface area contributed by atoms with Gasteiger partial charge in [-0.25, -0.2) is 0 Å². The first kappa shape index (κ1) is 23.6. The van der Waals surface area contributed by atoms with Crippen LogP contribution in [0.4, 0.5) is 0 Å². The fraction of sp³-hybridized carbons (Fsp3) is 0.296. The summed E-state index contributed by atoms with van der Waals surface area (Å²) in [5.74, 6) is 0.811. The third kappa shape index (κ3) is 6.29. The molecule has 1 amide bonds. The maximum Gasteiger partial charge on any atom is 0.260 e. The number of piperazine rings is 1. The van der Waals surface area contributed by atoms with Crippen LogP contribution < -0.4 is 4.74 Å². The van der Waals surface area contributed by atoms with Crippen LogP contribution in [0.25, 0.3) is 0 Å². The van der Waals surface area contributed by atoms with E-state index in [1.165, 1.54) is 11.1 Å². The van der Waals surface area contributed by atoms with Gasteiger partial charge < -0.3 is 9.64 Å². The highest BCUT2D eigenvalue weighted by molar-refractivity contribution is 6.30. The molecule has 1 aliphatic heterocycles. The second-order valence-corrected chi connectivity index (χ2v) is 9.26. The van der Waals surface area contributed by atoms with Gasteiger partial charge in [0.05, 0.1) is 0 Å². The van der Waals surface area contributed by atoms with Crippen molar-refractivity contribution in [2.75, 3.05) is 32.8 Å². The van der Waals surface area contributed by atoms with Crippen molar-refractivity contribution >= 4 is 29.1 Å². The minimum Gasteiger partial charge on any atom is -0.483 e. The molecular formula is C27H28Cl2N2O2. The van der Waals surface area contributed by atoms with Gasteiger partial charge >= 0.3 is 0 Å². The molecule has 0 saturated carbocycles. The van der Waals surface area contributed by atoms with Crippen LogP contribution in [0.5, 0.6) is 5.75 Å². The van der Waals surface area contributed by atoms with Crippen molar-refractivity contribution in [1.82, 2.24) is 9.80 Å². The molecule has 0 aromatic heterocycles.